The Morgan fingerprint density at radius 2 is 0.771 bits per heavy atom. The van der Waals surface area contributed by atoms with E-state index in [9.17, 15) is 5.11 Å². The second kappa shape index (κ2) is 33.8. The Bertz CT molecular complexity index is 695. The van der Waals surface area contributed by atoms with Gasteiger partial charge in [-0.25, -0.2) is 12.1 Å². The van der Waals surface area contributed by atoms with Crippen LogP contribution in [0, 0.1) is 37.1 Å². The first-order valence-corrected chi connectivity index (χ1v) is 9.38. The van der Waals surface area contributed by atoms with Gasteiger partial charge < -0.3 is 52.5 Å². The Morgan fingerprint density at radius 1 is 0.486 bits per heavy atom. The molecular formula is C31H43O3Ti-7. The fourth-order valence-electron chi connectivity index (χ4n) is 2.06. The van der Waals surface area contributed by atoms with Crippen molar-refractivity contribution in [2.45, 2.75) is 19.8 Å². The van der Waals surface area contributed by atoms with E-state index in [2.05, 4.69) is 0 Å². The Morgan fingerprint density at radius 3 is 0.914 bits per heavy atom. The molecule has 0 amide bonds. The van der Waals surface area contributed by atoms with Crippen LogP contribution in [0.2, 0.25) is 0 Å². The van der Waals surface area contributed by atoms with Crippen LogP contribution in [0.3, 0.4) is 0 Å². The van der Waals surface area contributed by atoms with E-state index in [1.54, 1.807) is 0 Å². The standard InChI is InChI=1S/2C7H8O.C7H7O.C5H5.5CH3.Ti/c3*8-6-7-4-2-1-3-5-7;1-2-4-5-3-1;;;;;;/h2*1-5,8H,6H2;1-5H,6H2;1-5H;5*1H3;/q;;7*-1;. The molecule has 0 bridgehead atoms. The molecular weight excluding hydrogens is 468 g/mol. The van der Waals surface area contributed by atoms with E-state index in [1.807, 2.05) is 121 Å². The molecule has 0 saturated carbocycles. The minimum absolute atomic E-state index is 0. The van der Waals surface area contributed by atoms with Crippen molar-refractivity contribution in [1.82, 2.24) is 0 Å². The number of hydrogen-bond acceptors (Lipinski definition) is 3. The number of aliphatic hydroxyl groups is 2. The van der Waals surface area contributed by atoms with Gasteiger partial charge in [0.05, 0.1) is 13.2 Å². The molecule has 0 atom stereocenters. The Balaban J connectivity index is -0.0000000765. The first-order valence-electron chi connectivity index (χ1n) is 9.38. The van der Waals surface area contributed by atoms with E-state index in [0.717, 1.165) is 16.7 Å². The van der Waals surface area contributed by atoms with Gasteiger partial charge >= 0.3 is 0 Å². The van der Waals surface area contributed by atoms with Crippen LogP contribution in [-0.2, 0) is 41.5 Å². The summed E-state index contributed by atoms with van der Waals surface area (Å²) in [7, 11) is 0. The summed E-state index contributed by atoms with van der Waals surface area (Å²) < 4.78 is 0. The van der Waals surface area contributed by atoms with Gasteiger partial charge in [-0.15, -0.1) is 6.61 Å². The van der Waals surface area contributed by atoms with Crippen LogP contribution in [0.25, 0.3) is 0 Å². The molecule has 4 aromatic carbocycles. The van der Waals surface area contributed by atoms with Crippen LogP contribution in [-0.4, -0.2) is 10.2 Å². The molecule has 0 heterocycles. The van der Waals surface area contributed by atoms with E-state index >= 15 is 0 Å². The molecule has 0 aliphatic carbocycles. The summed E-state index contributed by atoms with van der Waals surface area (Å²) >= 11 is 0. The molecule has 0 saturated heterocycles. The summed E-state index contributed by atoms with van der Waals surface area (Å²) in [5.41, 5.74) is 2.78. The average Bonchev–Trinajstić information content (AvgIpc) is 3.42. The van der Waals surface area contributed by atoms with E-state index in [1.165, 1.54) is 0 Å². The van der Waals surface area contributed by atoms with Gasteiger partial charge in [0.25, 0.3) is 0 Å². The minimum Gasteiger partial charge on any atom is -0.851 e. The zero-order valence-electron chi connectivity index (χ0n) is 22.0. The van der Waals surface area contributed by atoms with Crippen molar-refractivity contribution < 1.29 is 37.0 Å². The first kappa shape index (κ1) is 46.0. The Labute approximate surface area is 231 Å². The zero-order chi connectivity index (χ0) is 21.0. The maximum absolute atomic E-state index is 10.1. The summed E-state index contributed by atoms with van der Waals surface area (Å²) in [5.74, 6) is 0. The molecule has 0 aromatic heterocycles. The van der Waals surface area contributed by atoms with E-state index in [-0.39, 0.29) is 78.7 Å². The van der Waals surface area contributed by atoms with Crippen LogP contribution in [0.5, 0.6) is 0 Å². The molecule has 4 heteroatoms. The molecule has 196 valence electrons. The van der Waals surface area contributed by atoms with Crippen molar-refractivity contribution in [3.8, 4) is 0 Å². The molecule has 0 unspecified atom stereocenters. The molecule has 4 aromatic rings. The van der Waals surface area contributed by atoms with E-state index < -0.39 is 0 Å². The van der Waals surface area contributed by atoms with Crippen LogP contribution in [0.15, 0.2) is 121 Å². The molecule has 0 aliphatic heterocycles. The summed E-state index contributed by atoms with van der Waals surface area (Å²) in [5, 5.41) is 27.2. The molecule has 0 aliphatic rings. The average molecular weight is 512 g/mol. The van der Waals surface area contributed by atoms with Gasteiger partial charge in [-0.3, -0.25) is 0 Å². The largest absolute Gasteiger partial charge is 0.851 e. The topological polar surface area (TPSA) is 63.5 Å². The monoisotopic (exact) mass is 511 g/mol. The summed E-state index contributed by atoms with van der Waals surface area (Å²) in [6.45, 7) is 0.169. The van der Waals surface area contributed by atoms with Gasteiger partial charge in [0.15, 0.2) is 0 Å². The van der Waals surface area contributed by atoms with Crippen molar-refractivity contribution in [3.05, 3.63) is 175 Å². The molecule has 2 N–H and O–H groups in total. The zero-order valence-corrected chi connectivity index (χ0v) is 23.5. The van der Waals surface area contributed by atoms with E-state index in [4.69, 9.17) is 10.2 Å². The SMILES string of the molecule is OCc1ccccc1.OCc1ccccc1.[CH3-].[CH3-].[CH3-].[CH3-].[CH3-].[O-]Cc1ccccc1.[Ti].c1cc[cH-]c1. The van der Waals surface area contributed by atoms with Crippen LogP contribution in [0.4, 0.5) is 0 Å². The molecule has 0 radical (unpaired) electrons. The fraction of sp³-hybridized carbons (Fsp3) is 0.0968. The third kappa shape index (κ3) is 26.1. The minimum atomic E-state index is -0.110. The van der Waals surface area contributed by atoms with Gasteiger partial charge in [-0.1, -0.05) is 96.6 Å². The van der Waals surface area contributed by atoms with Crippen LogP contribution < -0.4 is 5.11 Å². The Kier molecular flexibility index (Phi) is 44.4. The Hall–Kier alpha value is -2.40. The summed E-state index contributed by atoms with van der Waals surface area (Å²) in [4.78, 5) is 0. The second-order valence-electron chi connectivity index (χ2n) is 5.88. The quantitative estimate of drug-likeness (QED) is 0.242. The van der Waals surface area contributed by atoms with Crippen molar-refractivity contribution in [3.63, 3.8) is 0 Å². The predicted molar refractivity (Wildman–Crippen MR) is 149 cm³/mol. The second-order valence-corrected chi connectivity index (χ2v) is 5.88. The molecule has 0 spiro atoms. The molecule has 3 nitrogen and oxygen atoms in total. The first-order chi connectivity index (χ1) is 14.3. The summed E-state index contributed by atoms with van der Waals surface area (Å²) in [6, 6.07) is 38.3. The van der Waals surface area contributed by atoms with Crippen LogP contribution in [0.1, 0.15) is 16.7 Å². The number of benzene rings is 3. The van der Waals surface area contributed by atoms with Crippen LogP contribution >= 0.6 is 0 Å². The third-order valence-corrected chi connectivity index (χ3v) is 3.62. The smallest absolute Gasteiger partial charge is 0.0681 e. The molecule has 35 heavy (non-hydrogen) atoms. The molecule has 4 rings (SSSR count). The number of rotatable bonds is 3. The van der Waals surface area contributed by atoms with Crippen molar-refractivity contribution in [1.29, 1.82) is 0 Å². The maximum Gasteiger partial charge on any atom is 0.0681 e. The predicted octanol–water partition coefficient (Wildman–Crippen LogP) is 6.56. The van der Waals surface area contributed by atoms with Gasteiger partial charge in [-0.05, 0) is 11.1 Å². The normalized spacial score (nSPS) is 7.40. The van der Waals surface area contributed by atoms with Gasteiger partial charge in [-0.2, -0.15) is 18.2 Å². The third-order valence-electron chi connectivity index (χ3n) is 3.62. The van der Waals surface area contributed by atoms with Crippen molar-refractivity contribution >= 4 is 0 Å². The number of aliphatic hydroxyl groups excluding tert-OH is 2. The molecule has 0 fully saturated rings. The van der Waals surface area contributed by atoms with Crippen molar-refractivity contribution in [2.75, 3.05) is 0 Å². The fourth-order valence-corrected chi connectivity index (χ4v) is 2.06. The number of hydrogen-bond donors (Lipinski definition) is 2. The van der Waals surface area contributed by atoms with E-state index in [0.29, 0.717) is 0 Å². The maximum atomic E-state index is 10.1. The van der Waals surface area contributed by atoms with Gasteiger partial charge in [0.2, 0.25) is 0 Å². The van der Waals surface area contributed by atoms with Crippen molar-refractivity contribution in [2.24, 2.45) is 0 Å². The summed E-state index contributed by atoms with van der Waals surface area (Å²) in [6.07, 6.45) is 0. The van der Waals surface area contributed by atoms with Gasteiger partial charge in [0, 0.05) is 21.7 Å². The van der Waals surface area contributed by atoms with Gasteiger partial charge in [0.1, 0.15) is 0 Å².